The molecule has 0 spiro atoms. The Morgan fingerprint density at radius 3 is 2.16 bits per heavy atom. The molecule has 0 saturated carbocycles. The first-order valence-corrected chi connectivity index (χ1v) is 14.3. The molecule has 0 bridgehead atoms. The molecular formula is C31H22Cl2F3N3O3S. The molecule has 0 heterocycles. The Hall–Kier alpha value is -4.25. The van der Waals surface area contributed by atoms with Gasteiger partial charge >= 0.3 is 6.18 Å². The molecule has 3 N–H and O–H groups in total. The van der Waals surface area contributed by atoms with Gasteiger partial charge in [-0.3, -0.25) is 14.4 Å². The van der Waals surface area contributed by atoms with Crippen molar-refractivity contribution in [2.45, 2.75) is 11.1 Å². The third-order valence-corrected chi connectivity index (χ3v) is 7.21. The molecule has 0 radical (unpaired) electrons. The highest BCUT2D eigenvalue weighted by molar-refractivity contribution is 8.00. The van der Waals surface area contributed by atoms with Gasteiger partial charge in [0.2, 0.25) is 5.91 Å². The first-order chi connectivity index (χ1) is 20.5. The van der Waals surface area contributed by atoms with Crippen LogP contribution in [0.15, 0.2) is 108 Å². The number of alkyl halides is 3. The second-order valence-corrected chi connectivity index (χ2v) is 10.9. The summed E-state index contributed by atoms with van der Waals surface area (Å²) in [4.78, 5) is 39.0. The first-order valence-electron chi connectivity index (χ1n) is 12.5. The van der Waals surface area contributed by atoms with Crippen LogP contribution >= 0.6 is 35.0 Å². The van der Waals surface area contributed by atoms with Crippen molar-refractivity contribution in [3.8, 4) is 0 Å². The van der Waals surface area contributed by atoms with Crippen LogP contribution in [0, 0.1) is 0 Å². The van der Waals surface area contributed by atoms with Gasteiger partial charge in [0.05, 0.1) is 17.0 Å². The van der Waals surface area contributed by atoms with Gasteiger partial charge in [0.1, 0.15) is 5.70 Å². The van der Waals surface area contributed by atoms with Crippen LogP contribution in [0.3, 0.4) is 0 Å². The van der Waals surface area contributed by atoms with E-state index in [0.29, 0.717) is 26.7 Å². The summed E-state index contributed by atoms with van der Waals surface area (Å²) in [7, 11) is 0. The van der Waals surface area contributed by atoms with Crippen molar-refractivity contribution < 1.29 is 27.6 Å². The normalized spacial score (nSPS) is 11.5. The Kier molecular flexibility index (Phi) is 10.5. The number of hydrogen-bond donors (Lipinski definition) is 3. The zero-order valence-electron chi connectivity index (χ0n) is 22.0. The fourth-order valence-electron chi connectivity index (χ4n) is 3.73. The Morgan fingerprint density at radius 2 is 1.49 bits per heavy atom. The van der Waals surface area contributed by atoms with Crippen LogP contribution in [0.4, 0.5) is 24.5 Å². The zero-order chi connectivity index (χ0) is 31.0. The molecule has 0 saturated heterocycles. The van der Waals surface area contributed by atoms with E-state index in [0.717, 1.165) is 23.9 Å². The Morgan fingerprint density at radius 1 is 0.791 bits per heavy atom. The van der Waals surface area contributed by atoms with Crippen molar-refractivity contribution in [2.75, 3.05) is 16.4 Å². The molecule has 0 atom stereocenters. The van der Waals surface area contributed by atoms with Gasteiger partial charge in [-0.2, -0.15) is 13.2 Å². The van der Waals surface area contributed by atoms with Crippen LogP contribution in [0.25, 0.3) is 6.08 Å². The average Bonchev–Trinajstić information content (AvgIpc) is 2.97. The number of thioether (sulfide) groups is 1. The molecule has 220 valence electrons. The summed E-state index contributed by atoms with van der Waals surface area (Å²) in [5.74, 6) is -1.87. The summed E-state index contributed by atoms with van der Waals surface area (Å²) in [6.45, 7) is 0. The molecule has 3 amide bonds. The summed E-state index contributed by atoms with van der Waals surface area (Å²) < 4.78 is 39.9. The smallest absolute Gasteiger partial charge is 0.325 e. The van der Waals surface area contributed by atoms with Crippen molar-refractivity contribution in [3.05, 3.63) is 129 Å². The van der Waals surface area contributed by atoms with Crippen LogP contribution in [-0.4, -0.2) is 23.5 Å². The largest absolute Gasteiger partial charge is 0.418 e. The number of anilines is 2. The monoisotopic (exact) mass is 643 g/mol. The maximum absolute atomic E-state index is 13.3. The Bertz CT molecular complexity index is 1660. The quantitative estimate of drug-likeness (QED) is 0.127. The van der Waals surface area contributed by atoms with Gasteiger partial charge in [-0.25, -0.2) is 0 Å². The number of halogens is 5. The lowest BCUT2D eigenvalue weighted by Crippen LogP contribution is -2.30. The molecule has 0 aromatic heterocycles. The molecule has 0 fully saturated rings. The number of carbonyl (C=O) groups excluding carboxylic acids is 3. The van der Waals surface area contributed by atoms with Gasteiger partial charge < -0.3 is 16.0 Å². The standard InChI is InChI=1S/C31H22Cl2F3N3O3S/c32-21-8-4-5-19(15-21)16-27(39-29(41)20-6-2-1-3-7-20)30(42)37-23-10-12-24(13-11-23)43-18-28(40)38-26-14-9-22(33)17-25(26)31(34,35)36/h1-17H,18H2,(H,37,42)(H,38,40)(H,39,41)/b27-16-. The van der Waals surface area contributed by atoms with Crippen molar-refractivity contribution in [1.29, 1.82) is 0 Å². The number of nitrogens with one attached hydrogen (secondary N) is 3. The predicted octanol–water partition coefficient (Wildman–Crippen LogP) is 8.15. The van der Waals surface area contributed by atoms with E-state index in [9.17, 15) is 27.6 Å². The van der Waals surface area contributed by atoms with E-state index >= 15 is 0 Å². The summed E-state index contributed by atoms with van der Waals surface area (Å²) >= 11 is 12.9. The molecule has 4 rings (SSSR count). The highest BCUT2D eigenvalue weighted by Gasteiger charge is 2.34. The minimum absolute atomic E-state index is 0.0216. The van der Waals surface area contributed by atoms with Crippen molar-refractivity contribution in [2.24, 2.45) is 0 Å². The number of carbonyl (C=O) groups is 3. The van der Waals surface area contributed by atoms with Crippen LogP contribution in [-0.2, 0) is 15.8 Å². The number of amides is 3. The zero-order valence-corrected chi connectivity index (χ0v) is 24.4. The summed E-state index contributed by atoms with van der Waals surface area (Å²) in [5, 5.41) is 7.99. The Balaban J connectivity index is 1.41. The topological polar surface area (TPSA) is 87.3 Å². The van der Waals surface area contributed by atoms with Gasteiger partial charge in [0, 0.05) is 26.2 Å². The molecule has 0 aliphatic heterocycles. The second kappa shape index (κ2) is 14.3. The first kappa shape index (κ1) is 31.7. The molecule has 6 nitrogen and oxygen atoms in total. The molecule has 0 aliphatic carbocycles. The Labute approximate surface area is 259 Å². The number of rotatable bonds is 9. The summed E-state index contributed by atoms with van der Waals surface area (Å²) in [5.41, 5.74) is -0.0865. The molecule has 4 aromatic rings. The average molecular weight is 645 g/mol. The molecule has 43 heavy (non-hydrogen) atoms. The maximum atomic E-state index is 13.3. The minimum Gasteiger partial charge on any atom is -0.325 e. The van der Waals surface area contributed by atoms with Crippen LogP contribution in [0.2, 0.25) is 10.0 Å². The van der Waals surface area contributed by atoms with E-state index in [1.165, 1.54) is 12.1 Å². The molecule has 0 aliphatic rings. The lowest BCUT2D eigenvalue weighted by atomic mass is 10.1. The highest BCUT2D eigenvalue weighted by Crippen LogP contribution is 2.36. The van der Waals surface area contributed by atoms with Gasteiger partial charge in [0.15, 0.2) is 0 Å². The lowest BCUT2D eigenvalue weighted by molar-refractivity contribution is -0.137. The van der Waals surface area contributed by atoms with Gasteiger partial charge in [0.25, 0.3) is 11.8 Å². The van der Waals surface area contributed by atoms with Crippen molar-refractivity contribution in [3.63, 3.8) is 0 Å². The van der Waals surface area contributed by atoms with Gasteiger partial charge in [-0.05, 0) is 78.4 Å². The predicted molar refractivity (Wildman–Crippen MR) is 164 cm³/mol. The van der Waals surface area contributed by atoms with Gasteiger partial charge in [-0.15, -0.1) is 11.8 Å². The van der Waals surface area contributed by atoms with Crippen LogP contribution in [0.5, 0.6) is 0 Å². The fourth-order valence-corrected chi connectivity index (χ4v) is 4.80. The molecule has 0 unspecified atom stereocenters. The van der Waals surface area contributed by atoms with E-state index in [-0.39, 0.29) is 22.2 Å². The highest BCUT2D eigenvalue weighted by atomic mass is 35.5. The van der Waals surface area contributed by atoms with Crippen molar-refractivity contribution in [1.82, 2.24) is 5.32 Å². The van der Waals surface area contributed by atoms with E-state index in [1.54, 1.807) is 78.9 Å². The number of hydrogen-bond acceptors (Lipinski definition) is 4. The molecular weight excluding hydrogens is 622 g/mol. The third-order valence-electron chi connectivity index (χ3n) is 5.73. The van der Waals surface area contributed by atoms with E-state index in [1.807, 2.05) is 0 Å². The molecule has 4 aromatic carbocycles. The number of benzene rings is 4. The van der Waals surface area contributed by atoms with Crippen LogP contribution in [0.1, 0.15) is 21.5 Å². The fraction of sp³-hybridized carbons (Fsp3) is 0.0645. The van der Waals surface area contributed by atoms with E-state index in [2.05, 4.69) is 16.0 Å². The van der Waals surface area contributed by atoms with E-state index in [4.69, 9.17) is 23.2 Å². The van der Waals surface area contributed by atoms with Gasteiger partial charge in [-0.1, -0.05) is 53.5 Å². The third kappa shape index (κ3) is 9.37. The van der Waals surface area contributed by atoms with Crippen LogP contribution < -0.4 is 16.0 Å². The molecule has 12 heteroatoms. The second-order valence-electron chi connectivity index (χ2n) is 8.94. The SMILES string of the molecule is O=C(CSc1ccc(NC(=O)/C(=C/c2cccc(Cl)c2)NC(=O)c2ccccc2)cc1)Nc1ccc(Cl)cc1C(F)(F)F. The summed E-state index contributed by atoms with van der Waals surface area (Å²) in [6, 6.07) is 24.7. The maximum Gasteiger partial charge on any atom is 0.418 e. The summed E-state index contributed by atoms with van der Waals surface area (Å²) in [6.07, 6.45) is -3.19. The minimum atomic E-state index is -4.69. The van der Waals surface area contributed by atoms with E-state index < -0.39 is 29.5 Å². The lowest BCUT2D eigenvalue weighted by Gasteiger charge is -2.14. The van der Waals surface area contributed by atoms with Crippen molar-refractivity contribution >= 4 is 70.1 Å².